The van der Waals surface area contributed by atoms with Crippen LogP contribution in [0.3, 0.4) is 0 Å². The van der Waals surface area contributed by atoms with Gasteiger partial charge in [-0.15, -0.1) is 12.6 Å². The molecule has 0 unspecified atom stereocenters. The number of thiol groups is 1. The molecule has 0 fully saturated rings. The Kier molecular flexibility index (Phi) is 5.86. The lowest BCUT2D eigenvalue weighted by atomic mass is 10.1. The Morgan fingerprint density at radius 2 is 2.18 bits per heavy atom. The van der Waals surface area contributed by atoms with Gasteiger partial charge in [0.2, 0.25) is 0 Å². The molecule has 0 aromatic heterocycles. The molecule has 0 bridgehead atoms. The zero-order valence-electron chi connectivity index (χ0n) is 10.1. The smallest absolute Gasteiger partial charge is 0.339 e. The van der Waals surface area contributed by atoms with Gasteiger partial charge in [0.15, 0.2) is 0 Å². The summed E-state index contributed by atoms with van der Waals surface area (Å²) in [6.07, 6.45) is 1.93. The molecule has 0 heterocycles. The van der Waals surface area contributed by atoms with Gasteiger partial charge in [-0.3, -0.25) is 0 Å². The van der Waals surface area contributed by atoms with E-state index < -0.39 is 0 Å². The van der Waals surface area contributed by atoms with Gasteiger partial charge in [-0.1, -0.05) is 25.4 Å². The van der Waals surface area contributed by atoms with E-state index in [0.717, 1.165) is 12.8 Å². The van der Waals surface area contributed by atoms with Crippen molar-refractivity contribution in [1.82, 2.24) is 0 Å². The highest BCUT2D eigenvalue weighted by Crippen LogP contribution is 2.20. The van der Waals surface area contributed by atoms with Crippen LogP contribution in [0.15, 0.2) is 23.1 Å². The summed E-state index contributed by atoms with van der Waals surface area (Å²) in [5, 5.41) is 0.400. The van der Waals surface area contributed by atoms with Crippen LogP contribution in [0.2, 0.25) is 5.02 Å². The topological polar surface area (TPSA) is 26.3 Å². The first-order valence-corrected chi connectivity index (χ1v) is 6.49. The maximum absolute atomic E-state index is 11.7. The van der Waals surface area contributed by atoms with Crippen molar-refractivity contribution in [1.29, 1.82) is 0 Å². The van der Waals surface area contributed by atoms with Crippen LogP contribution in [-0.2, 0) is 4.74 Å². The van der Waals surface area contributed by atoms with Crippen LogP contribution in [0.1, 0.15) is 37.0 Å². The number of carbonyl (C=O) groups excluding carboxylic acids is 1. The van der Waals surface area contributed by atoms with Crippen LogP contribution in [-0.4, -0.2) is 12.6 Å². The Morgan fingerprint density at radius 3 is 2.82 bits per heavy atom. The largest absolute Gasteiger partial charge is 0.462 e. The van der Waals surface area contributed by atoms with E-state index in [-0.39, 0.29) is 5.97 Å². The van der Waals surface area contributed by atoms with Gasteiger partial charge in [-0.05, 0) is 37.0 Å². The summed E-state index contributed by atoms with van der Waals surface area (Å²) in [4.78, 5) is 12.4. The van der Waals surface area contributed by atoms with Crippen LogP contribution in [0, 0.1) is 5.92 Å². The molecule has 0 saturated heterocycles. The molecular formula is C13H17ClO2S. The zero-order chi connectivity index (χ0) is 12.8. The molecule has 0 aliphatic rings. The van der Waals surface area contributed by atoms with Crippen molar-refractivity contribution in [2.45, 2.75) is 31.6 Å². The third-order valence-electron chi connectivity index (χ3n) is 2.33. The molecule has 0 aliphatic carbocycles. The van der Waals surface area contributed by atoms with Crippen molar-refractivity contribution < 1.29 is 9.53 Å². The quantitative estimate of drug-likeness (QED) is 0.493. The SMILES string of the molecule is CC(C)CCCOC(=O)c1cc(S)ccc1Cl. The van der Waals surface area contributed by atoms with Gasteiger partial charge in [-0.2, -0.15) is 0 Å². The maximum atomic E-state index is 11.7. The number of hydrogen-bond acceptors (Lipinski definition) is 3. The molecule has 17 heavy (non-hydrogen) atoms. The van der Waals surface area contributed by atoms with Gasteiger partial charge >= 0.3 is 5.97 Å². The van der Waals surface area contributed by atoms with Crippen LogP contribution in [0.25, 0.3) is 0 Å². The van der Waals surface area contributed by atoms with Crippen molar-refractivity contribution in [3.8, 4) is 0 Å². The first-order valence-electron chi connectivity index (χ1n) is 5.66. The first kappa shape index (κ1) is 14.4. The van der Waals surface area contributed by atoms with Crippen molar-refractivity contribution in [3.05, 3.63) is 28.8 Å². The summed E-state index contributed by atoms with van der Waals surface area (Å²) in [7, 11) is 0. The van der Waals surface area contributed by atoms with Gasteiger partial charge in [0, 0.05) is 4.90 Å². The fourth-order valence-corrected chi connectivity index (χ4v) is 1.80. The van der Waals surface area contributed by atoms with E-state index in [9.17, 15) is 4.79 Å². The van der Waals surface area contributed by atoms with E-state index in [1.165, 1.54) is 0 Å². The number of hydrogen-bond donors (Lipinski definition) is 1. The molecule has 1 rings (SSSR count). The van der Waals surface area contributed by atoms with Crippen LogP contribution in [0.4, 0.5) is 0 Å². The molecule has 0 saturated carbocycles. The first-order chi connectivity index (χ1) is 8.00. The van der Waals surface area contributed by atoms with Crippen molar-refractivity contribution in [2.75, 3.05) is 6.61 Å². The number of rotatable bonds is 5. The van der Waals surface area contributed by atoms with Gasteiger partial charge in [0.1, 0.15) is 0 Å². The van der Waals surface area contributed by atoms with Crippen molar-refractivity contribution in [3.63, 3.8) is 0 Å². The molecule has 0 amide bonds. The highest BCUT2D eigenvalue weighted by molar-refractivity contribution is 7.80. The molecule has 2 nitrogen and oxygen atoms in total. The molecule has 0 radical (unpaired) electrons. The Labute approximate surface area is 113 Å². The second kappa shape index (κ2) is 6.92. The third kappa shape index (κ3) is 5.00. The zero-order valence-corrected chi connectivity index (χ0v) is 11.7. The molecular weight excluding hydrogens is 256 g/mol. The molecule has 4 heteroatoms. The van der Waals surface area contributed by atoms with Gasteiger partial charge in [0.05, 0.1) is 17.2 Å². The van der Waals surface area contributed by atoms with E-state index in [0.29, 0.717) is 28.0 Å². The summed E-state index contributed by atoms with van der Waals surface area (Å²) in [5.74, 6) is 0.243. The number of halogens is 1. The molecule has 0 aliphatic heterocycles. The number of ether oxygens (including phenoxy) is 1. The minimum Gasteiger partial charge on any atom is -0.462 e. The highest BCUT2D eigenvalue weighted by atomic mass is 35.5. The number of esters is 1. The lowest BCUT2D eigenvalue weighted by Crippen LogP contribution is -2.07. The standard InChI is InChI=1S/C13H17ClO2S/c1-9(2)4-3-7-16-13(15)11-8-10(17)5-6-12(11)14/h5-6,8-9,17H,3-4,7H2,1-2H3. The third-order valence-corrected chi connectivity index (χ3v) is 2.94. The highest BCUT2D eigenvalue weighted by Gasteiger charge is 2.11. The van der Waals surface area contributed by atoms with E-state index in [1.807, 2.05) is 0 Å². The predicted octanol–water partition coefficient (Wildman–Crippen LogP) is 4.22. The fraction of sp³-hybridized carbons (Fsp3) is 0.462. The van der Waals surface area contributed by atoms with Gasteiger partial charge < -0.3 is 4.74 Å². The monoisotopic (exact) mass is 272 g/mol. The average Bonchev–Trinajstić information content (AvgIpc) is 2.27. The van der Waals surface area contributed by atoms with Crippen LogP contribution in [0.5, 0.6) is 0 Å². The van der Waals surface area contributed by atoms with E-state index in [4.69, 9.17) is 16.3 Å². The molecule has 0 N–H and O–H groups in total. The Hall–Kier alpha value is -0.670. The van der Waals surface area contributed by atoms with Crippen LogP contribution >= 0.6 is 24.2 Å². The summed E-state index contributed by atoms with van der Waals surface area (Å²) in [6, 6.07) is 5.01. The fourth-order valence-electron chi connectivity index (χ4n) is 1.40. The predicted molar refractivity (Wildman–Crippen MR) is 73.1 cm³/mol. The molecule has 0 atom stereocenters. The van der Waals surface area contributed by atoms with E-state index >= 15 is 0 Å². The molecule has 94 valence electrons. The molecule has 0 spiro atoms. The number of carbonyl (C=O) groups is 1. The second-order valence-electron chi connectivity index (χ2n) is 4.34. The average molecular weight is 273 g/mol. The van der Waals surface area contributed by atoms with Gasteiger partial charge in [-0.25, -0.2) is 4.79 Å². The van der Waals surface area contributed by atoms with E-state index in [1.54, 1.807) is 18.2 Å². The lowest BCUT2D eigenvalue weighted by molar-refractivity contribution is 0.0494. The Bertz CT molecular complexity index is 391. The minimum atomic E-state index is -0.380. The van der Waals surface area contributed by atoms with Crippen molar-refractivity contribution >= 4 is 30.2 Å². The van der Waals surface area contributed by atoms with Crippen LogP contribution < -0.4 is 0 Å². The molecule has 1 aromatic rings. The Balaban J connectivity index is 2.49. The molecule has 1 aromatic carbocycles. The Morgan fingerprint density at radius 1 is 1.47 bits per heavy atom. The summed E-state index contributed by atoms with van der Waals surface area (Å²) < 4.78 is 5.16. The maximum Gasteiger partial charge on any atom is 0.339 e. The summed E-state index contributed by atoms with van der Waals surface area (Å²) in [5.41, 5.74) is 0.378. The van der Waals surface area contributed by atoms with E-state index in [2.05, 4.69) is 26.5 Å². The lowest BCUT2D eigenvalue weighted by Gasteiger charge is -2.08. The van der Waals surface area contributed by atoms with Crippen molar-refractivity contribution in [2.24, 2.45) is 5.92 Å². The number of benzene rings is 1. The van der Waals surface area contributed by atoms with Gasteiger partial charge in [0.25, 0.3) is 0 Å². The minimum absolute atomic E-state index is 0.378. The summed E-state index contributed by atoms with van der Waals surface area (Å²) in [6.45, 7) is 4.72. The summed E-state index contributed by atoms with van der Waals surface area (Å²) >= 11 is 10.1. The normalized spacial score (nSPS) is 10.6. The second-order valence-corrected chi connectivity index (χ2v) is 5.26.